The zero-order chi connectivity index (χ0) is 32.5. The Hall–Kier alpha value is -2.92. The van der Waals surface area contributed by atoms with Crippen LogP contribution in [0.4, 0.5) is 17.6 Å². The molecule has 2 unspecified atom stereocenters. The largest absolute Gasteiger partial charge is 0.416 e. The summed E-state index contributed by atoms with van der Waals surface area (Å²) < 4.78 is 83.2. The van der Waals surface area contributed by atoms with E-state index in [4.69, 9.17) is 10.8 Å². The molecule has 2 atom stereocenters. The monoisotopic (exact) mass is 654 g/mol. The lowest BCUT2D eigenvalue weighted by molar-refractivity contribution is -0.138. The highest BCUT2D eigenvalue weighted by Gasteiger charge is 2.35. The molecule has 0 radical (unpaired) electrons. The van der Waals surface area contributed by atoms with Gasteiger partial charge in [-0.25, -0.2) is 12.8 Å². The maximum absolute atomic E-state index is 14.0. The number of aliphatic hydroxyl groups excluding tert-OH is 2. The van der Waals surface area contributed by atoms with Gasteiger partial charge in [-0.3, -0.25) is 10.00 Å². The minimum atomic E-state index is -4.69. The van der Waals surface area contributed by atoms with Gasteiger partial charge in [0, 0.05) is 55.5 Å². The highest BCUT2D eigenvalue weighted by atomic mass is 32.2. The molecule has 2 aromatic carbocycles. The van der Waals surface area contributed by atoms with E-state index in [2.05, 4.69) is 10.2 Å². The maximum Gasteiger partial charge on any atom is 0.416 e. The van der Waals surface area contributed by atoms with Crippen LogP contribution in [0.25, 0.3) is 11.3 Å². The van der Waals surface area contributed by atoms with E-state index in [1.54, 1.807) is 4.68 Å². The molecular formula is C30H38F4N6O4S. The van der Waals surface area contributed by atoms with Crippen molar-refractivity contribution in [2.75, 3.05) is 32.4 Å². The number of nitrogens with zero attached hydrogens (tertiary/aromatic N) is 4. The normalized spacial score (nSPS) is 18.6. The third-order valence-electron chi connectivity index (χ3n) is 8.41. The number of hydrogen-bond donors (Lipinski definition) is 4. The van der Waals surface area contributed by atoms with E-state index in [-0.39, 0.29) is 43.3 Å². The van der Waals surface area contributed by atoms with Gasteiger partial charge in [0.1, 0.15) is 12.0 Å². The summed E-state index contributed by atoms with van der Waals surface area (Å²) in [4.78, 5) is 2.13. The van der Waals surface area contributed by atoms with Gasteiger partial charge in [0.2, 0.25) is 10.0 Å². The fraction of sp³-hybridized carbons (Fsp3) is 0.500. The number of benzene rings is 2. The molecule has 0 aliphatic carbocycles. The molecule has 15 heteroatoms. The minimum Gasteiger partial charge on any atom is -0.390 e. The Morgan fingerprint density at radius 1 is 1.07 bits per heavy atom. The zero-order valence-electron chi connectivity index (χ0n) is 24.8. The number of halogens is 4. The number of aromatic nitrogens is 2. The zero-order valence-corrected chi connectivity index (χ0v) is 25.7. The Balaban J connectivity index is 1.46. The van der Waals surface area contributed by atoms with Crippen molar-refractivity contribution in [1.29, 1.82) is 0 Å². The predicted octanol–water partition coefficient (Wildman–Crippen LogP) is 2.59. The summed E-state index contributed by atoms with van der Waals surface area (Å²) in [5, 5.41) is 28.9. The van der Waals surface area contributed by atoms with Crippen LogP contribution in [0.5, 0.6) is 0 Å². The summed E-state index contributed by atoms with van der Waals surface area (Å²) in [6, 6.07) is 8.64. The molecule has 1 fully saturated rings. The number of fused-ring (bicyclic) bond motifs is 1. The van der Waals surface area contributed by atoms with Crippen LogP contribution in [0.2, 0.25) is 0 Å². The number of nitrogens with two attached hydrogens (primary N) is 1. The van der Waals surface area contributed by atoms with Crippen molar-refractivity contribution in [3.63, 3.8) is 0 Å². The summed E-state index contributed by atoms with van der Waals surface area (Å²) in [6.45, 7) is 1.88. The van der Waals surface area contributed by atoms with Crippen LogP contribution in [0.15, 0.2) is 42.5 Å². The first-order valence-electron chi connectivity index (χ1n) is 14.8. The van der Waals surface area contributed by atoms with E-state index in [0.29, 0.717) is 29.8 Å². The van der Waals surface area contributed by atoms with E-state index < -0.39 is 39.9 Å². The summed E-state index contributed by atoms with van der Waals surface area (Å²) in [7, 11) is -3.57. The van der Waals surface area contributed by atoms with Gasteiger partial charge in [-0.15, -0.1) is 0 Å². The van der Waals surface area contributed by atoms with Gasteiger partial charge in [-0.05, 0) is 61.3 Å². The second-order valence-corrected chi connectivity index (χ2v) is 13.8. The van der Waals surface area contributed by atoms with Gasteiger partial charge >= 0.3 is 6.18 Å². The highest BCUT2D eigenvalue weighted by Crippen LogP contribution is 2.37. The van der Waals surface area contributed by atoms with Crippen LogP contribution < -0.4 is 11.1 Å². The number of piperidine rings is 1. The molecular weight excluding hydrogens is 616 g/mol. The van der Waals surface area contributed by atoms with Crippen molar-refractivity contribution in [3.8, 4) is 11.3 Å². The summed E-state index contributed by atoms with van der Waals surface area (Å²) >= 11 is 0. The average Bonchev–Trinajstić information content (AvgIpc) is 3.33. The highest BCUT2D eigenvalue weighted by molar-refractivity contribution is 7.88. The van der Waals surface area contributed by atoms with E-state index in [1.165, 1.54) is 28.6 Å². The molecule has 0 spiro atoms. The van der Waals surface area contributed by atoms with Crippen LogP contribution in [0.3, 0.4) is 0 Å². The molecule has 0 saturated carbocycles. The standard InChI is InChI=1S/C30H38F4N6O4S/c1-45(43,44)39-13-10-27-25(18-39)28(37-40(27)17-24(41)16-38-11-8-23(35)9-12-38)20-4-7-26(30(32,33)34)21(14-20)15-36-29(42)19-2-5-22(31)6-3-19/h2-7,14,23-24,29,36,41-42H,8-13,15-18,35H2,1H3. The third-order valence-corrected chi connectivity index (χ3v) is 9.66. The number of rotatable bonds is 10. The number of alkyl halides is 3. The van der Waals surface area contributed by atoms with Crippen molar-refractivity contribution < 1.29 is 36.2 Å². The molecule has 2 aliphatic heterocycles. The molecule has 3 heterocycles. The van der Waals surface area contributed by atoms with Crippen LogP contribution in [-0.4, -0.2) is 82.2 Å². The summed E-state index contributed by atoms with van der Waals surface area (Å²) in [5.41, 5.74) is 7.14. The van der Waals surface area contributed by atoms with Gasteiger partial charge in [-0.2, -0.15) is 22.6 Å². The second-order valence-electron chi connectivity index (χ2n) is 11.8. The third kappa shape index (κ3) is 8.09. The van der Waals surface area contributed by atoms with Crippen molar-refractivity contribution >= 4 is 10.0 Å². The molecule has 246 valence electrons. The van der Waals surface area contributed by atoms with Gasteiger partial charge in [0.25, 0.3) is 0 Å². The number of likely N-dealkylation sites (tertiary alicyclic amines) is 1. The molecule has 5 N–H and O–H groups in total. The topological polar surface area (TPSA) is 137 Å². The number of hydrogen-bond acceptors (Lipinski definition) is 8. The maximum atomic E-state index is 14.0. The Morgan fingerprint density at radius 2 is 1.76 bits per heavy atom. The van der Waals surface area contributed by atoms with E-state index in [1.807, 2.05) is 0 Å². The Morgan fingerprint density at radius 3 is 2.40 bits per heavy atom. The lowest BCUT2D eigenvalue weighted by Gasteiger charge is -2.31. The number of nitrogens with one attached hydrogen (secondary N) is 1. The predicted molar refractivity (Wildman–Crippen MR) is 159 cm³/mol. The molecule has 0 bridgehead atoms. The van der Waals surface area contributed by atoms with Crippen molar-refractivity contribution in [3.05, 3.63) is 76.2 Å². The minimum absolute atomic E-state index is 0.0124. The van der Waals surface area contributed by atoms with Crippen molar-refractivity contribution in [2.24, 2.45) is 5.73 Å². The first-order chi connectivity index (χ1) is 21.2. The smallest absolute Gasteiger partial charge is 0.390 e. The number of sulfonamides is 1. The molecule has 1 saturated heterocycles. The van der Waals surface area contributed by atoms with Gasteiger partial charge in [0.15, 0.2) is 0 Å². The van der Waals surface area contributed by atoms with Crippen LogP contribution in [0, 0.1) is 5.82 Å². The lowest BCUT2D eigenvalue weighted by atomic mass is 9.97. The first kappa shape index (κ1) is 33.4. The fourth-order valence-corrected chi connectivity index (χ4v) is 6.74. The average molecular weight is 655 g/mol. The van der Waals surface area contributed by atoms with E-state index in [0.717, 1.165) is 56.1 Å². The molecule has 5 rings (SSSR count). The van der Waals surface area contributed by atoms with Crippen LogP contribution >= 0.6 is 0 Å². The van der Waals surface area contributed by atoms with E-state index in [9.17, 15) is 36.2 Å². The Kier molecular flexibility index (Phi) is 9.99. The molecule has 0 amide bonds. The Labute approximate surface area is 259 Å². The van der Waals surface area contributed by atoms with Crippen molar-refractivity contribution in [2.45, 2.75) is 63.4 Å². The van der Waals surface area contributed by atoms with Crippen molar-refractivity contribution in [1.82, 2.24) is 24.3 Å². The molecule has 10 nitrogen and oxygen atoms in total. The molecule has 2 aliphatic rings. The first-order valence-corrected chi connectivity index (χ1v) is 16.6. The van der Waals surface area contributed by atoms with Gasteiger partial charge in [0.05, 0.1) is 30.2 Å². The van der Waals surface area contributed by atoms with Gasteiger partial charge < -0.3 is 20.8 Å². The van der Waals surface area contributed by atoms with E-state index >= 15 is 0 Å². The van der Waals surface area contributed by atoms with Crippen LogP contribution in [-0.2, 0) is 42.3 Å². The number of aliphatic hydroxyl groups is 2. The summed E-state index contributed by atoms with van der Waals surface area (Å²) in [5.74, 6) is -0.515. The molecule has 1 aromatic heterocycles. The molecule has 3 aromatic rings. The molecule has 45 heavy (non-hydrogen) atoms. The quantitative estimate of drug-likeness (QED) is 0.194. The van der Waals surface area contributed by atoms with Crippen LogP contribution in [0.1, 0.15) is 47.0 Å². The lowest BCUT2D eigenvalue weighted by Crippen LogP contribution is -2.44. The number of β-amino-alcohol motifs (C(OH)–C–C–N with tert-alkyl or cyclic N) is 1. The fourth-order valence-electron chi connectivity index (χ4n) is 5.96. The van der Waals surface area contributed by atoms with Gasteiger partial charge in [-0.1, -0.05) is 18.2 Å². The SMILES string of the molecule is CS(=O)(=O)N1CCc2c(c(-c3ccc(C(F)(F)F)c(CNC(O)c4ccc(F)cc4)c3)nn2CC(O)CN2CCC(N)CC2)C1. The Bertz CT molecular complexity index is 1590. The second kappa shape index (κ2) is 13.4. The summed E-state index contributed by atoms with van der Waals surface area (Å²) in [6.07, 6.45) is -3.75.